The normalized spacial score (nSPS) is 32.8. The standard InChI is InChI=1S/C10H22N2O/c1-8(2)12-6-10(7-13)11(4)5-9(12)3/h8-10,13H,5-7H2,1-4H3/t9-,10+/m1/s1. The highest BCUT2D eigenvalue weighted by Crippen LogP contribution is 2.15. The van der Waals surface area contributed by atoms with E-state index >= 15 is 0 Å². The van der Waals surface area contributed by atoms with Crippen LogP contribution in [0.4, 0.5) is 0 Å². The van der Waals surface area contributed by atoms with E-state index in [-0.39, 0.29) is 6.61 Å². The molecule has 1 N–H and O–H groups in total. The summed E-state index contributed by atoms with van der Waals surface area (Å²) in [7, 11) is 2.09. The van der Waals surface area contributed by atoms with Crippen molar-refractivity contribution in [2.45, 2.75) is 38.9 Å². The Bertz CT molecular complexity index is 161. The minimum absolute atomic E-state index is 0.270. The number of likely N-dealkylation sites (N-methyl/N-ethyl adjacent to an activating group) is 1. The first-order valence-electron chi connectivity index (χ1n) is 5.13. The second-order valence-corrected chi connectivity index (χ2v) is 4.42. The Hall–Kier alpha value is -0.120. The summed E-state index contributed by atoms with van der Waals surface area (Å²) in [6.45, 7) is 9.01. The van der Waals surface area contributed by atoms with Gasteiger partial charge in [-0.1, -0.05) is 0 Å². The third kappa shape index (κ3) is 2.42. The highest BCUT2D eigenvalue weighted by molar-refractivity contribution is 4.86. The molecule has 0 aromatic carbocycles. The number of nitrogens with zero attached hydrogens (tertiary/aromatic N) is 2. The zero-order valence-corrected chi connectivity index (χ0v) is 9.20. The van der Waals surface area contributed by atoms with Crippen molar-refractivity contribution >= 4 is 0 Å². The smallest absolute Gasteiger partial charge is 0.0599 e. The van der Waals surface area contributed by atoms with Crippen LogP contribution in [0.5, 0.6) is 0 Å². The number of rotatable bonds is 2. The van der Waals surface area contributed by atoms with Crippen LogP contribution < -0.4 is 0 Å². The van der Waals surface area contributed by atoms with Gasteiger partial charge in [0.2, 0.25) is 0 Å². The van der Waals surface area contributed by atoms with E-state index in [1.54, 1.807) is 0 Å². The van der Waals surface area contributed by atoms with Gasteiger partial charge in [-0.2, -0.15) is 0 Å². The van der Waals surface area contributed by atoms with Gasteiger partial charge < -0.3 is 5.11 Å². The molecule has 1 fully saturated rings. The lowest BCUT2D eigenvalue weighted by Crippen LogP contribution is -2.58. The Morgan fingerprint density at radius 3 is 2.46 bits per heavy atom. The number of aliphatic hydroxyl groups is 1. The highest BCUT2D eigenvalue weighted by atomic mass is 16.3. The summed E-state index contributed by atoms with van der Waals surface area (Å²) >= 11 is 0. The minimum Gasteiger partial charge on any atom is -0.395 e. The summed E-state index contributed by atoms with van der Waals surface area (Å²) in [5.41, 5.74) is 0. The molecule has 0 bridgehead atoms. The van der Waals surface area contributed by atoms with E-state index in [0.717, 1.165) is 13.1 Å². The molecule has 0 saturated carbocycles. The second-order valence-electron chi connectivity index (χ2n) is 4.42. The van der Waals surface area contributed by atoms with E-state index in [0.29, 0.717) is 18.1 Å². The molecule has 0 aromatic rings. The van der Waals surface area contributed by atoms with Gasteiger partial charge in [-0.3, -0.25) is 9.80 Å². The summed E-state index contributed by atoms with van der Waals surface area (Å²) in [6, 6.07) is 1.50. The summed E-state index contributed by atoms with van der Waals surface area (Å²) < 4.78 is 0. The summed E-state index contributed by atoms with van der Waals surface area (Å²) in [6.07, 6.45) is 0. The summed E-state index contributed by atoms with van der Waals surface area (Å²) in [5, 5.41) is 9.18. The molecule has 3 nitrogen and oxygen atoms in total. The summed E-state index contributed by atoms with van der Waals surface area (Å²) in [5.74, 6) is 0. The molecule has 1 heterocycles. The van der Waals surface area contributed by atoms with Crippen LogP contribution in [-0.2, 0) is 0 Å². The Morgan fingerprint density at radius 2 is 2.00 bits per heavy atom. The van der Waals surface area contributed by atoms with Gasteiger partial charge in [-0.15, -0.1) is 0 Å². The Morgan fingerprint density at radius 1 is 1.38 bits per heavy atom. The zero-order valence-electron chi connectivity index (χ0n) is 9.20. The van der Waals surface area contributed by atoms with Gasteiger partial charge in [-0.25, -0.2) is 0 Å². The fraction of sp³-hybridized carbons (Fsp3) is 1.00. The van der Waals surface area contributed by atoms with Crippen LogP contribution in [-0.4, -0.2) is 59.8 Å². The van der Waals surface area contributed by atoms with Crippen molar-refractivity contribution in [1.29, 1.82) is 0 Å². The molecule has 0 radical (unpaired) electrons. The van der Waals surface area contributed by atoms with Crippen LogP contribution in [0.3, 0.4) is 0 Å². The fourth-order valence-corrected chi connectivity index (χ4v) is 2.15. The maximum Gasteiger partial charge on any atom is 0.0599 e. The molecule has 1 aliphatic heterocycles. The SMILES string of the molecule is CC(C)N1C[C@@H](CO)N(C)C[C@H]1C. The van der Waals surface area contributed by atoms with Crippen molar-refractivity contribution in [3.63, 3.8) is 0 Å². The van der Waals surface area contributed by atoms with Gasteiger partial charge in [0.25, 0.3) is 0 Å². The van der Waals surface area contributed by atoms with E-state index in [1.807, 2.05) is 0 Å². The maximum atomic E-state index is 9.18. The van der Waals surface area contributed by atoms with Crippen molar-refractivity contribution in [2.75, 3.05) is 26.7 Å². The van der Waals surface area contributed by atoms with Crippen molar-refractivity contribution < 1.29 is 5.11 Å². The first-order valence-corrected chi connectivity index (χ1v) is 5.13. The first-order chi connectivity index (χ1) is 6.06. The molecule has 0 aliphatic carbocycles. The van der Waals surface area contributed by atoms with Crippen LogP contribution in [0.2, 0.25) is 0 Å². The van der Waals surface area contributed by atoms with Gasteiger partial charge in [0, 0.05) is 31.2 Å². The van der Waals surface area contributed by atoms with Crippen LogP contribution in [0, 0.1) is 0 Å². The molecule has 1 saturated heterocycles. The van der Waals surface area contributed by atoms with Crippen LogP contribution in [0.1, 0.15) is 20.8 Å². The topological polar surface area (TPSA) is 26.7 Å². The van der Waals surface area contributed by atoms with Crippen molar-refractivity contribution in [2.24, 2.45) is 0 Å². The average molecular weight is 186 g/mol. The van der Waals surface area contributed by atoms with Gasteiger partial charge >= 0.3 is 0 Å². The molecule has 78 valence electrons. The van der Waals surface area contributed by atoms with Gasteiger partial charge in [0.1, 0.15) is 0 Å². The maximum absolute atomic E-state index is 9.18. The highest BCUT2D eigenvalue weighted by Gasteiger charge is 2.29. The Labute approximate surface area is 81.3 Å². The lowest BCUT2D eigenvalue weighted by molar-refractivity contribution is 0.00904. The Kier molecular flexibility index (Phi) is 3.71. The van der Waals surface area contributed by atoms with Crippen LogP contribution in [0.25, 0.3) is 0 Å². The van der Waals surface area contributed by atoms with Crippen molar-refractivity contribution in [1.82, 2.24) is 9.80 Å². The molecular weight excluding hydrogens is 164 g/mol. The third-order valence-corrected chi connectivity index (χ3v) is 3.04. The monoisotopic (exact) mass is 186 g/mol. The molecule has 3 heteroatoms. The van der Waals surface area contributed by atoms with E-state index in [1.165, 1.54) is 0 Å². The molecule has 0 unspecified atom stereocenters. The molecule has 1 aliphatic rings. The quantitative estimate of drug-likeness (QED) is 0.676. The first kappa shape index (κ1) is 11.0. The molecule has 1 rings (SSSR count). The lowest BCUT2D eigenvalue weighted by Gasteiger charge is -2.45. The molecule has 13 heavy (non-hydrogen) atoms. The minimum atomic E-state index is 0.270. The summed E-state index contributed by atoms with van der Waals surface area (Å²) in [4.78, 5) is 4.71. The lowest BCUT2D eigenvalue weighted by atomic mass is 10.1. The van der Waals surface area contributed by atoms with Crippen molar-refractivity contribution in [3.8, 4) is 0 Å². The second kappa shape index (κ2) is 4.40. The zero-order chi connectivity index (χ0) is 10.0. The van der Waals surface area contributed by atoms with Crippen LogP contribution in [0.15, 0.2) is 0 Å². The molecule has 0 spiro atoms. The van der Waals surface area contributed by atoms with Crippen LogP contribution >= 0.6 is 0 Å². The van der Waals surface area contributed by atoms with E-state index in [2.05, 4.69) is 37.6 Å². The van der Waals surface area contributed by atoms with E-state index in [9.17, 15) is 5.11 Å². The van der Waals surface area contributed by atoms with E-state index in [4.69, 9.17) is 0 Å². The van der Waals surface area contributed by atoms with E-state index < -0.39 is 0 Å². The predicted molar refractivity (Wildman–Crippen MR) is 54.8 cm³/mol. The number of hydrogen-bond acceptors (Lipinski definition) is 3. The van der Waals surface area contributed by atoms with Crippen molar-refractivity contribution in [3.05, 3.63) is 0 Å². The number of aliphatic hydroxyl groups excluding tert-OH is 1. The van der Waals surface area contributed by atoms with Gasteiger partial charge in [-0.05, 0) is 27.8 Å². The molecule has 2 atom stereocenters. The number of piperazine rings is 1. The average Bonchev–Trinajstić information content (AvgIpc) is 2.03. The third-order valence-electron chi connectivity index (χ3n) is 3.04. The largest absolute Gasteiger partial charge is 0.395 e. The molecule has 0 aromatic heterocycles. The number of hydrogen-bond donors (Lipinski definition) is 1. The molecule has 0 amide bonds. The fourth-order valence-electron chi connectivity index (χ4n) is 2.15. The van der Waals surface area contributed by atoms with Gasteiger partial charge in [0.15, 0.2) is 0 Å². The predicted octanol–water partition coefficient (Wildman–Crippen LogP) is 0.392. The molecular formula is C10H22N2O. The Balaban J connectivity index is 2.58. The van der Waals surface area contributed by atoms with Gasteiger partial charge in [0.05, 0.1) is 6.61 Å².